The number of hydrogen-bond donors (Lipinski definition) is 4. The summed E-state index contributed by atoms with van der Waals surface area (Å²) in [6.45, 7) is 5.18. The molecule has 2 aromatic carbocycles. The lowest BCUT2D eigenvalue weighted by atomic mass is 9.63. The highest BCUT2D eigenvalue weighted by atomic mass is 19.1. The maximum Gasteiger partial charge on any atom is 0.244 e. The highest BCUT2D eigenvalue weighted by Crippen LogP contribution is 2.45. The number of aliphatic hydroxyl groups excluding tert-OH is 2. The van der Waals surface area contributed by atoms with Crippen LogP contribution in [0.2, 0.25) is 0 Å². The van der Waals surface area contributed by atoms with Crippen molar-refractivity contribution in [3.8, 4) is 0 Å². The molecule has 0 fully saturated rings. The lowest BCUT2D eigenvalue weighted by molar-refractivity contribution is -0.145. The van der Waals surface area contributed by atoms with E-state index in [4.69, 9.17) is 5.73 Å². The maximum atomic E-state index is 14.4. The Labute approximate surface area is 234 Å². The van der Waals surface area contributed by atoms with E-state index in [1.807, 2.05) is 44.2 Å². The quantitative estimate of drug-likeness (QED) is 0.279. The van der Waals surface area contributed by atoms with E-state index in [-0.39, 0.29) is 36.3 Å². The lowest BCUT2D eigenvalue weighted by Gasteiger charge is -2.44. The summed E-state index contributed by atoms with van der Waals surface area (Å²) in [5.74, 6) is -4.08. The van der Waals surface area contributed by atoms with E-state index in [2.05, 4.69) is 5.32 Å². The van der Waals surface area contributed by atoms with E-state index in [0.29, 0.717) is 32.5 Å². The Morgan fingerprint density at radius 1 is 1.05 bits per heavy atom. The van der Waals surface area contributed by atoms with Gasteiger partial charge in [-0.05, 0) is 61.1 Å². The van der Waals surface area contributed by atoms with E-state index in [9.17, 15) is 28.6 Å². The summed E-state index contributed by atoms with van der Waals surface area (Å²) in [5.41, 5.74) is 5.25. The second-order valence-electron chi connectivity index (χ2n) is 10.4. The van der Waals surface area contributed by atoms with Crippen molar-refractivity contribution in [2.75, 3.05) is 19.6 Å². The fourth-order valence-electron chi connectivity index (χ4n) is 5.49. The Morgan fingerprint density at radius 3 is 2.25 bits per heavy atom. The molecule has 2 amide bonds. The summed E-state index contributed by atoms with van der Waals surface area (Å²) in [4.78, 5) is 28.4. The van der Waals surface area contributed by atoms with Crippen molar-refractivity contribution in [2.45, 2.75) is 52.2 Å². The molecule has 0 saturated heterocycles. The smallest absolute Gasteiger partial charge is 0.244 e. The highest BCUT2D eigenvalue weighted by molar-refractivity contribution is 5.96. The summed E-state index contributed by atoms with van der Waals surface area (Å²) in [6, 6.07) is 12.6. The molecular formula is C31H39F2N3O4. The molecule has 1 unspecified atom stereocenters. The molecule has 2 aromatic rings. The number of hydrogen-bond acceptors (Lipinski definition) is 5. The SMILES string of the molecule is CCCN(CCC)C(=O)C1([C@H](Cc2cc(F)cc(F)c2)[C@@H](O)CNCc2ccccc2)C=C(O)C=C(C(N)=O)C1. The minimum absolute atomic E-state index is 0.0289. The molecule has 3 atom stereocenters. The molecule has 0 aliphatic heterocycles. The molecule has 0 saturated carbocycles. The van der Waals surface area contributed by atoms with Crippen LogP contribution in [0, 0.1) is 23.0 Å². The predicted molar refractivity (Wildman–Crippen MR) is 150 cm³/mol. The van der Waals surface area contributed by atoms with Crippen molar-refractivity contribution in [1.82, 2.24) is 10.2 Å². The van der Waals surface area contributed by atoms with E-state index in [0.717, 1.165) is 23.8 Å². The monoisotopic (exact) mass is 555 g/mol. The summed E-state index contributed by atoms with van der Waals surface area (Å²) < 4.78 is 28.4. The Kier molecular flexibility index (Phi) is 11.0. The number of primary amides is 1. The zero-order valence-electron chi connectivity index (χ0n) is 23.1. The second-order valence-corrected chi connectivity index (χ2v) is 10.4. The molecule has 0 bridgehead atoms. The van der Waals surface area contributed by atoms with Crippen LogP contribution < -0.4 is 11.1 Å². The van der Waals surface area contributed by atoms with Gasteiger partial charge in [-0.2, -0.15) is 0 Å². The third kappa shape index (κ3) is 7.76. The lowest BCUT2D eigenvalue weighted by Crippen LogP contribution is -2.54. The van der Waals surface area contributed by atoms with Crippen LogP contribution >= 0.6 is 0 Å². The molecule has 0 spiro atoms. The van der Waals surface area contributed by atoms with Gasteiger partial charge in [0.05, 0.1) is 11.5 Å². The molecule has 1 aliphatic rings. The molecular weight excluding hydrogens is 516 g/mol. The third-order valence-electron chi connectivity index (χ3n) is 7.23. The highest BCUT2D eigenvalue weighted by Gasteiger charge is 2.51. The van der Waals surface area contributed by atoms with Crippen LogP contribution in [0.25, 0.3) is 0 Å². The summed E-state index contributed by atoms with van der Waals surface area (Å²) in [6.07, 6.45) is 2.43. The average molecular weight is 556 g/mol. The van der Waals surface area contributed by atoms with Crippen molar-refractivity contribution >= 4 is 11.8 Å². The molecule has 0 aromatic heterocycles. The zero-order valence-corrected chi connectivity index (χ0v) is 23.1. The van der Waals surface area contributed by atoms with Crippen LogP contribution in [0.1, 0.15) is 44.2 Å². The van der Waals surface area contributed by atoms with E-state index < -0.39 is 40.9 Å². The second kappa shape index (κ2) is 14.2. The third-order valence-corrected chi connectivity index (χ3v) is 7.23. The van der Waals surface area contributed by atoms with Gasteiger partial charge in [-0.1, -0.05) is 44.2 Å². The number of carbonyl (C=O) groups is 2. The first-order valence-electron chi connectivity index (χ1n) is 13.7. The van der Waals surface area contributed by atoms with Gasteiger partial charge in [0.2, 0.25) is 11.8 Å². The number of amides is 2. The molecule has 3 rings (SSSR count). The fourth-order valence-corrected chi connectivity index (χ4v) is 5.49. The number of nitrogens with one attached hydrogen (secondary N) is 1. The number of rotatable bonds is 14. The van der Waals surface area contributed by atoms with Crippen molar-refractivity contribution in [3.63, 3.8) is 0 Å². The molecule has 1 aliphatic carbocycles. The Bertz CT molecular complexity index is 1210. The van der Waals surface area contributed by atoms with Crippen LogP contribution in [-0.4, -0.2) is 52.7 Å². The summed E-state index contributed by atoms with van der Waals surface area (Å²) >= 11 is 0. The normalized spacial score (nSPS) is 18.4. The summed E-state index contributed by atoms with van der Waals surface area (Å²) in [5, 5.41) is 25.6. The Hall–Kier alpha value is -3.56. The number of allylic oxidation sites excluding steroid dienone is 1. The van der Waals surface area contributed by atoms with Gasteiger partial charge in [-0.3, -0.25) is 9.59 Å². The summed E-state index contributed by atoms with van der Waals surface area (Å²) in [7, 11) is 0. The van der Waals surface area contributed by atoms with Gasteiger partial charge in [0.25, 0.3) is 0 Å². The number of carbonyl (C=O) groups excluding carboxylic acids is 2. The van der Waals surface area contributed by atoms with Crippen molar-refractivity contribution in [2.24, 2.45) is 17.1 Å². The van der Waals surface area contributed by atoms with E-state index in [1.54, 1.807) is 4.90 Å². The number of aliphatic hydroxyl groups is 2. The van der Waals surface area contributed by atoms with Gasteiger partial charge in [-0.25, -0.2) is 8.78 Å². The predicted octanol–water partition coefficient (Wildman–Crippen LogP) is 4.17. The largest absolute Gasteiger partial charge is 0.508 e. The molecule has 216 valence electrons. The number of nitrogens with two attached hydrogens (primary N) is 1. The number of nitrogens with zero attached hydrogens (tertiary/aromatic N) is 1. The molecule has 0 radical (unpaired) electrons. The van der Waals surface area contributed by atoms with Crippen LogP contribution in [0.3, 0.4) is 0 Å². The van der Waals surface area contributed by atoms with Crippen molar-refractivity contribution in [1.29, 1.82) is 0 Å². The molecule has 7 nitrogen and oxygen atoms in total. The van der Waals surface area contributed by atoms with Gasteiger partial charge >= 0.3 is 0 Å². The van der Waals surface area contributed by atoms with Gasteiger partial charge in [0, 0.05) is 43.7 Å². The Morgan fingerprint density at radius 2 is 1.68 bits per heavy atom. The van der Waals surface area contributed by atoms with Crippen molar-refractivity contribution in [3.05, 3.63) is 94.8 Å². The zero-order chi connectivity index (χ0) is 29.3. The topological polar surface area (TPSA) is 116 Å². The van der Waals surface area contributed by atoms with E-state index in [1.165, 1.54) is 12.2 Å². The fraction of sp³-hybridized carbons (Fsp3) is 0.419. The van der Waals surface area contributed by atoms with Crippen LogP contribution in [0.4, 0.5) is 8.78 Å². The van der Waals surface area contributed by atoms with E-state index >= 15 is 0 Å². The Balaban J connectivity index is 2.09. The van der Waals surface area contributed by atoms with Crippen LogP contribution in [0.15, 0.2) is 72.0 Å². The molecule has 40 heavy (non-hydrogen) atoms. The van der Waals surface area contributed by atoms with Gasteiger partial charge in [0.15, 0.2) is 0 Å². The van der Waals surface area contributed by atoms with Gasteiger partial charge in [-0.15, -0.1) is 0 Å². The first kappa shape index (κ1) is 31.0. The minimum atomic E-state index is -1.61. The average Bonchev–Trinajstić information content (AvgIpc) is 2.90. The molecule has 5 N–H and O–H groups in total. The van der Waals surface area contributed by atoms with Gasteiger partial charge < -0.3 is 26.2 Å². The van der Waals surface area contributed by atoms with Crippen LogP contribution in [0.5, 0.6) is 0 Å². The van der Waals surface area contributed by atoms with Crippen molar-refractivity contribution < 1.29 is 28.6 Å². The van der Waals surface area contributed by atoms with Crippen LogP contribution in [-0.2, 0) is 22.6 Å². The van der Waals surface area contributed by atoms with Gasteiger partial charge in [0.1, 0.15) is 17.4 Å². The minimum Gasteiger partial charge on any atom is -0.508 e. The first-order chi connectivity index (χ1) is 19.1. The standard InChI is InChI=1S/C31H39F2N3O4/c1-3-10-36(11-4-2)30(40)31(17-23(29(34)39)15-26(37)18-31)27(14-22-12-24(32)16-25(33)13-22)28(38)20-35-19-21-8-6-5-7-9-21/h5-9,12-13,15-16,18,27-28,35,37-38H,3-4,10-11,14,17,19-20H2,1-2H3,(H2,34,39)/t27-,28+,31?/m1/s1. The maximum absolute atomic E-state index is 14.4. The number of benzene rings is 2. The molecule has 0 heterocycles. The first-order valence-corrected chi connectivity index (χ1v) is 13.7. The number of halogens is 2. The molecule has 9 heteroatoms.